The van der Waals surface area contributed by atoms with Gasteiger partial charge in [0.2, 0.25) is 0 Å². The molecule has 0 aliphatic heterocycles. The second-order valence-corrected chi connectivity index (χ2v) is 3.03. The highest BCUT2D eigenvalue weighted by Gasteiger charge is 2.10. The zero-order valence-electron chi connectivity index (χ0n) is 8.41. The number of para-hydroxylation sites is 1. The van der Waals surface area contributed by atoms with Crippen molar-refractivity contribution in [1.82, 2.24) is 0 Å². The Morgan fingerprint density at radius 2 is 2.07 bits per heavy atom. The molecule has 0 aliphatic carbocycles. The molecule has 0 atom stereocenters. The predicted octanol–water partition coefficient (Wildman–Crippen LogP) is 1.88. The Balaban J connectivity index is 3.08. The summed E-state index contributed by atoms with van der Waals surface area (Å²) >= 11 is 0. The van der Waals surface area contributed by atoms with E-state index >= 15 is 0 Å². The highest BCUT2D eigenvalue weighted by molar-refractivity contribution is 5.71. The molecule has 14 heavy (non-hydrogen) atoms. The van der Waals surface area contributed by atoms with E-state index in [1.165, 1.54) is 0 Å². The Bertz CT molecular complexity index is 331. The average Bonchev–Trinajstić information content (AvgIpc) is 2.16. The first-order chi connectivity index (χ1) is 6.69. The molecule has 1 rings (SSSR count). The molecular weight excluding hydrogens is 180 g/mol. The normalized spacial score (nSPS) is 9.86. The van der Waals surface area contributed by atoms with Gasteiger partial charge in [0.15, 0.2) is 0 Å². The van der Waals surface area contributed by atoms with E-state index in [2.05, 4.69) is 0 Å². The SMILES string of the molecule is CCc1cccc(CC(=O)O)c1OC. The molecule has 3 heteroatoms. The fraction of sp³-hybridized carbons (Fsp3) is 0.364. The smallest absolute Gasteiger partial charge is 0.307 e. The van der Waals surface area contributed by atoms with Crippen molar-refractivity contribution >= 4 is 5.97 Å². The van der Waals surface area contributed by atoms with Gasteiger partial charge in [-0.15, -0.1) is 0 Å². The Morgan fingerprint density at radius 3 is 2.57 bits per heavy atom. The lowest BCUT2D eigenvalue weighted by Crippen LogP contribution is -2.03. The van der Waals surface area contributed by atoms with Gasteiger partial charge in [-0.25, -0.2) is 0 Å². The van der Waals surface area contributed by atoms with Gasteiger partial charge < -0.3 is 9.84 Å². The summed E-state index contributed by atoms with van der Waals surface area (Å²) < 4.78 is 5.20. The highest BCUT2D eigenvalue weighted by atomic mass is 16.5. The number of ether oxygens (including phenoxy) is 1. The van der Waals surface area contributed by atoms with Crippen LogP contribution in [0.2, 0.25) is 0 Å². The van der Waals surface area contributed by atoms with Crippen LogP contribution in [-0.2, 0) is 17.6 Å². The van der Waals surface area contributed by atoms with Crippen molar-refractivity contribution in [2.75, 3.05) is 7.11 Å². The van der Waals surface area contributed by atoms with Crippen LogP contribution in [0.15, 0.2) is 18.2 Å². The zero-order chi connectivity index (χ0) is 10.6. The summed E-state index contributed by atoms with van der Waals surface area (Å²) in [6.45, 7) is 2.02. The Morgan fingerprint density at radius 1 is 1.43 bits per heavy atom. The monoisotopic (exact) mass is 194 g/mol. The number of hydrogen-bond donors (Lipinski definition) is 1. The summed E-state index contributed by atoms with van der Waals surface area (Å²) in [4.78, 5) is 10.6. The summed E-state index contributed by atoms with van der Waals surface area (Å²) in [5.41, 5.74) is 1.78. The Hall–Kier alpha value is -1.51. The number of methoxy groups -OCH3 is 1. The third kappa shape index (κ3) is 2.25. The molecule has 0 fully saturated rings. The highest BCUT2D eigenvalue weighted by Crippen LogP contribution is 2.24. The van der Waals surface area contributed by atoms with Crippen LogP contribution in [0.1, 0.15) is 18.1 Å². The van der Waals surface area contributed by atoms with E-state index in [0.29, 0.717) is 5.75 Å². The molecule has 0 aliphatic rings. The van der Waals surface area contributed by atoms with Crippen LogP contribution in [0.3, 0.4) is 0 Å². The average molecular weight is 194 g/mol. The number of carbonyl (C=O) groups is 1. The minimum atomic E-state index is -0.837. The van der Waals surface area contributed by atoms with Crippen LogP contribution >= 0.6 is 0 Å². The molecule has 1 N–H and O–H groups in total. The molecule has 1 aromatic carbocycles. The van der Waals surface area contributed by atoms with Gasteiger partial charge in [0.1, 0.15) is 5.75 Å². The van der Waals surface area contributed by atoms with Crippen LogP contribution in [0.4, 0.5) is 0 Å². The van der Waals surface area contributed by atoms with Crippen molar-refractivity contribution < 1.29 is 14.6 Å². The van der Waals surface area contributed by atoms with Crippen molar-refractivity contribution in [3.8, 4) is 5.75 Å². The maximum Gasteiger partial charge on any atom is 0.307 e. The maximum absolute atomic E-state index is 10.6. The lowest BCUT2D eigenvalue weighted by molar-refractivity contribution is -0.136. The molecular formula is C11H14O3. The minimum Gasteiger partial charge on any atom is -0.496 e. The van der Waals surface area contributed by atoms with E-state index in [-0.39, 0.29) is 6.42 Å². The molecule has 0 heterocycles. The Labute approximate surface area is 83.3 Å². The first kappa shape index (κ1) is 10.6. The minimum absolute atomic E-state index is 0.0109. The first-order valence-electron chi connectivity index (χ1n) is 4.55. The Kier molecular flexibility index (Phi) is 3.51. The summed E-state index contributed by atoms with van der Waals surface area (Å²) in [5, 5.41) is 8.69. The molecule has 1 aromatic rings. The van der Waals surface area contributed by atoms with E-state index in [1.807, 2.05) is 19.1 Å². The fourth-order valence-electron chi connectivity index (χ4n) is 1.48. The van der Waals surface area contributed by atoms with Gasteiger partial charge >= 0.3 is 5.97 Å². The second kappa shape index (κ2) is 4.65. The summed E-state index contributed by atoms with van der Waals surface area (Å²) in [5.74, 6) is -0.131. The largest absolute Gasteiger partial charge is 0.496 e. The van der Waals surface area contributed by atoms with Gasteiger partial charge in [-0.05, 0) is 12.0 Å². The molecule has 0 radical (unpaired) electrons. The van der Waals surface area contributed by atoms with Crippen molar-refractivity contribution in [2.24, 2.45) is 0 Å². The molecule has 0 bridgehead atoms. The van der Waals surface area contributed by atoms with E-state index < -0.39 is 5.97 Å². The molecule has 76 valence electrons. The van der Waals surface area contributed by atoms with Gasteiger partial charge in [0, 0.05) is 5.56 Å². The van der Waals surface area contributed by atoms with Gasteiger partial charge in [-0.1, -0.05) is 25.1 Å². The third-order valence-electron chi connectivity index (χ3n) is 2.10. The zero-order valence-corrected chi connectivity index (χ0v) is 8.41. The van der Waals surface area contributed by atoms with Crippen LogP contribution in [0.5, 0.6) is 5.75 Å². The number of aryl methyl sites for hydroxylation is 1. The van der Waals surface area contributed by atoms with E-state index in [9.17, 15) is 4.79 Å². The standard InChI is InChI=1S/C11H14O3/c1-3-8-5-4-6-9(7-10(12)13)11(8)14-2/h4-6H,3,7H2,1-2H3,(H,12,13). The van der Waals surface area contributed by atoms with Crippen molar-refractivity contribution in [3.63, 3.8) is 0 Å². The number of rotatable bonds is 4. The van der Waals surface area contributed by atoms with Crippen molar-refractivity contribution in [2.45, 2.75) is 19.8 Å². The summed E-state index contributed by atoms with van der Waals surface area (Å²) in [6.07, 6.45) is 0.855. The number of carboxylic acids is 1. The van der Waals surface area contributed by atoms with E-state index in [1.54, 1.807) is 13.2 Å². The number of benzene rings is 1. The molecule has 0 saturated carbocycles. The molecule has 3 nitrogen and oxygen atoms in total. The van der Waals surface area contributed by atoms with Crippen LogP contribution < -0.4 is 4.74 Å². The maximum atomic E-state index is 10.6. The third-order valence-corrected chi connectivity index (χ3v) is 2.10. The second-order valence-electron chi connectivity index (χ2n) is 3.03. The van der Waals surface area contributed by atoms with Crippen molar-refractivity contribution in [3.05, 3.63) is 29.3 Å². The number of hydrogen-bond acceptors (Lipinski definition) is 2. The fourth-order valence-corrected chi connectivity index (χ4v) is 1.48. The van der Waals surface area contributed by atoms with Crippen molar-refractivity contribution in [1.29, 1.82) is 0 Å². The summed E-state index contributed by atoms with van der Waals surface area (Å²) in [7, 11) is 1.57. The number of aliphatic carboxylic acids is 1. The molecule has 0 spiro atoms. The molecule has 0 saturated heterocycles. The number of carboxylic acid groups (broad SMARTS) is 1. The van der Waals surface area contributed by atoms with E-state index in [0.717, 1.165) is 17.5 Å². The van der Waals surface area contributed by atoms with Gasteiger partial charge in [0.25, 0.3) is 0 Å². The van der Waals surface area contributed by atoms with Crippen LogP contribution in [0.25, 0.3) is 0 Å². The topological polar surface area (TPSA) is 46.5 Å². The quantitative estimate of drug-likeness (QED) is 0.796. The van der Waals surface area contributed by atoms with E-state index in [4.69, 9.17) is 9.84 Å². The predicted molar refractivity (Wildman–Crippen MR) is 53.7 cm³/mol. The lowest BCUT2D eigenvalue weighted by Gasteiger charge is -2.10. The summed E-state index contributed by atoms with van der Waals surface area (Å²) in [6, 6.07) is 5.59. The molecule has 0 amide bonds. The van der Waals surface area contributed by atoms with Gasteiger partial charge in [-0.2, -0.15) is 0 Å². The first-order valence-corrected chi connectivity index (χ1v) is 4.55. The molecule has 0 aromatic heterocycles. The van der Waals surface area contributed by atoms with Gasteiger partial charge in [-0.3, -0.25) is 4.79 Å². The van der Waals surface area contributed by atoms with Gasteiger partial charge in [0.05, 0.1) is 13.5 Å². The molecule has 0 unspecified atom stereocenters. The van der Waals surface area contributed by atoms with Crippen LogP contribution in [-0.4, -0.2) is 18.2 Å². The lowest BCUT2D eigenvalue weighted by atomic mass is 10.0. The van der Waals surface area contributed by atoms with Crippen LogP contribution in [0, 0.1) is 0 Å².